The van der Waals surface area contributed by atoms with Gasteiger partial charge in [-0.1, -0.05) is 31.1 Å². The van der Waals surface area contributed by atoms with Crippen molar-refractivity contribution in [2.24, 2.45) is 5.92 Å². The molecule has 1 aliphatic heterocycles. The molecule has 1 saturated carbocycles. The Bertz CT molecular complexity index is 1130. The summed E-state index contributed by atoms with van der Waals surface area (Å²) in [6.07, 6.45) is 10.0. The van der Waals surface area contributed by atoms with E-state index in [4.69, 9.17) is 9.72 Å². The van der Waals surface area contributed by atoms with Crippen LogP contribution >= 0.6 is 0 Å². The summed E-state index contributed by atoms with van der Waals surface area (Å²) >= 11 is 0. The summed E-state index contributed by atoms with van der Waals surface area (Å²) in [7, 11) is 0. The fraction of sp³-hybridized carbons (Fsp3) is 0.480. The summed E-state index contributed by atoms with van der Waals surface area (Å²) < 4.78 is 5.47. The number of hydrogen-bond acceptors (Lipinski definition) is 6. The average Bonchev–Trinajstić information content (AvgIpc) is 3.30. The summed E-state index contributed by atoms with van der Waals surface area (Å²) in [6, 6.07) is 6.59. The third-order valence-electron chi connectivity index (χ3n) is 6.34. The van der Waals surface area contributed by atoms with Gasteiger partial charge in [0.1, 0.15) is 5.52 Å². The first-order valence-corrected chi connectivity index (χ1v) is 11.7. The molecule has 3 aromatic rings. The minimum absolute atomic E-state index is 0.329. The van der Waals surface area contributed by atoms with Crippen LogP contribution in [-0.2, 0) is 4.74 Å². The Morgan fingerprint density at radius 3 is 2.72 bits per heavy atom. The lowest BCUT2D eigenvalue weighted by molar-refractivity contribution is 0.0904. The van der Waals surface area contributed by atoms with Gasteiger partial charge in [0.2, 0.25) is 5.95 Å². The van der Waals surface area contributed by atoms with Crippen LogP contribution < -0.4 is 10.6 Å². The molecule has 1 saturated heterocycles. The Morgan fingerprint density at radius 2 is 1.91 bits per heavy atom. The SMILES string of the molecule is Cc1cc(C#CC2CCCCC2)ccc1Nc1nc(NC2CCOCC2)c2nc[nH]c2n1. The molecule has 5 rings (SSSR count). The minimum atomic E-state index is 0.329. The van der Waals surface area contributed by atoms with E-state index in [-0.39, 0.29) is 0 Å². The van der Waals surface area contributed by atoms with E-state index in [1.54, 1.807) is 6.33 Å². The van der Waals surface area contributed by atoms with Crippen LogP contribution in [0, 0.1) is 24.7 Å². The second kappa shape index (κ2) is 9.58. The number of imidazole rings is 1. The maximum atomic E-state index is 5.47. The van der Waals surface area contributed by atoms with Crippen molar-refractivity contribution in [1.29, 1.82) is 0 Å². The van der Waals surface area contributed by atoms with E-state index in [0.717, 1.165) is 54.2 Å². The number of anilines is 3. The third kappa shape index (κ3) is 4.86. The zero-order chi connectivity index (χ0) is 21.8. The number of rotatable bonds is 4. The number of aromatic nitrogens is 4. The Morgan fingerprint density at radius 1 is 1.06 bits per heavy atom. The molecule has 0 amide bonds. The van der Waals surface area contributed by atoms with Crippen LogP contribution in [0.1, 0.15) is 56.1 Å². The van der Waals surface area contributed by atoms with Crippen LogP contribution in [0.4, 0.5) is 17.5 Å². The fourth-order valence-corrected chi connectivity index (χ4v) is 4.46. The van der Waals surface area contributed by atoms with E-state index in [1.165, 1.54) is 32.1 Å². The molecular weight excluding hydrogens is 400 g/mol. The highest BCUT2D eigenvalue weighted by Crippen LogP contribution is 2.26. The van der Waals surface area contributed by atoms with Gasteiger partial charge in [0.05, 0.1) is 6.33 Å². The Kier molecular flexibility index (Phi) is 6.22. The van der Waals surface area contributed by atoms with Gasteiger partial charge in [0.25, 0.3) is 0 Å². The summed E-state index contributed by atoms with van der Waals surface area (Å²) in [5.41, 5.74) is 4.62. The van der Waals surface area contributed by atoms with Crippen LogP contribution in [0.5, 0.6) is 0 Å². The number of fused-ring (bicyclic) bond motifs is 1. The highest BCUT2D eigenvalue weighted by Gasteiger charge is 2.18. The van der Waals surface area contributed by atoms with Gasteiger partial charge >= 0.3 is 0 Å². The lowest BCUT2D eigenvalue weighted by atomic mass is 9.89. The van der Waals surface area contributed by atoms with Crippen LogP contribution in [0.3, 0.4) is 0 Å². The monoisotopic (exact) mass is 430 g/mol. The van der Waals surface area contributed by atoms with Crippen molar-refractivity contribution < 1.29 is 4.74 Å². The van der Waals surface area contributed by atoms with Crippen LogP contribution in [-0.4, -0.2) is 39.2 Å². The molecule has 0 radical (unpaired) electrons. The molecular formula is C25H30N6O. The molecule has 3 heterocycles. The first-order chi connectivity index (χ1) is 15.7. The third-order valence-corrected chi connectivity index (χ3v) is 6.34. The highest BCUT2D eigenvalue weighted by atomic mass is 16.5. The predicted octanol–water partition coefficient (Wildman–Crippen LogP) is 4.93. The van der Waals surface area contributed by atoms with E-state index in [0.29, 0.717) is 23.6 Å². The minimum Gasteiger partial charge on any atom is -0.381 e. The molecule has 2 aliphatic rings. The zero-order valence-electron chi connectivity index (χ0n) is 18.6. The van der Waals surface area contributed by atoms with Crippen molar-refractivity contribution in [3.05, 3.63) is 35.7 Å². The van der Waals surface area contributed by atoms with Gasteiger partial charge < -0.3 is 20.4 Å². The summed E-state index contributed by atoms with van der Waals surface area (Å²) in [5.74, 6) is 8.70. The molecule has 1 aliphatic carbocycles. The van der Waals surface area contributed by atoms with E-state index in [9.17, 15) is 0 Å². The van der Waals surface area contributed by atoms with Crippen molar-refractivity contribution in [3.8, 4) is 11.8 Å². The number of nitrogens with zero attached hydrogens (tertiary/aromatic N) is 3. The second-order valence-electron chi connectivity index (χ2n) is 8.79. The molecule has 0 unspecified atom stereocenters. The van der Waals surface area contributed by atoms with Gasteiger partial charge in [0.15, 0.2) is 11.5 Å². The molecule has 0 spiro atoms. The van der Waals surface area contributed by atoms with E-state index in [1.807, 2.05) is 0 Å². The molecule has 7 nitrogen and oxygen atoms in total. The van der Waals surface area contributed by atoms with Crippen LogP contribution in [0.15, 0.2) is 24.5 Å². The molecule has 7 heteroatoms. The number of ether oxygens (including phenoxy) is 1. The van der Waals surface area contributed by atoms with Crippen molar-refractivity contribution in [2.45, 2.75) is 57.9 Å². The maximum Gasteiger partial charge on any atom is 0.231 e. The zero-order valence-corrected chi connectivity index (χ0v) is 18.6. The quantitative estimate of drug-likeness (QED) is 0.509. The van der Waals surface area contributed by atoms with E-state index in [2.05, 4.69) is 62.5 Å². The predicted molar refractivity (Wildman–Crippen MR) is 127 cm³/mol. The van der Waals surface area contributed by atoms with Crippen molar-refractivity contribution in [3.63, 3.8) is 0 Å². The van der Waals surface area contributed by atoms with Crippen molar-refractivity contribution in [1.82, 2.24) is 19.9 Å². The first kappa shape index (κ1) is 20.8. The van der Waals surface area contributed by atoms with Gasteiger partial charge in [-0.3, -0.25) is 0 Å². The summed E-state index contributed by atoms with van der Waals surface area (Å²) in [5, 5.41) is 6.92. The standard InChI is InChI=1S/C25H30N6O/c1-17-15-19(8-7-18-5-3-2-4-6-18)9-10-21(17)29-25-30-23-22(26-16-27-23)24(31-25)28-20-11-13-32-14-12-20/h9-10,15-16,18,20H,2-6,11-14H2,1H3,(H3,26,27,28,29,30,31). The highest BCUT2D eigenvalue weighted by molar-refractivity contribution is 5.84. The Balaban J connectivity index is 1.34. The van der Waals surface area contributed by atoms with Gasteiger partial charge in [-0.15, -0.1) is 0 Å². The molecule has 0 bridgehead atoms. The second-order valence-corrected chi connectivity index (χ2v) is 8.79. The van der Waals surface area contributed by atoms with Crippen LogP contribution in [0.2, 0.25) is 0 Å². The smallest absolute Gasteiger partial charge is 0.231 e. The number of benzene rings is 1. The lowest BCUT2D eigenvalue weighted by Gasteiger charge is -2.23. The Hall–Kier alpha value is -3.11. The van der Waals surface area contributed by atoms with Crippen molar-refractivity contribution in [2.75, 3.05) is 23.8 Å². The number of aryl methyl sites for hydroxylation is 1. The molecule has 0 atom stereocenters. The number of H-pyrrole nitrogens is 1. The van der Waals surface area contributed by atoms with Crippen molar-refractivity contribution >= 4 is 28.6 Å². The van der Waals surface area contributed by atoms with Gasteiger partial charge in [-0.2, -0.15) is 9.97 Å². The molecule has 166 valence electrons. The molecule has 2 aromatic heterocycles. The fourth-order valence-electron chi connectivity index (χ4n) is 4.46. The van der Waals surface area contributed by atoms with E-state index < -0.39 is 0 Å². The summed E-state index contributed by atoms with van der Waals surface area (Å²) in [4.78, 5) is 16.9. The maximum absolute atomic E-state index is 5.47. The summed E-state index contributed by atoms with van der Waals surface area (Å²) in [6.45, 7) is 3.63. The molecule has 2 fully saturated rings. The number of hydrogen-bond donors (Lipinski definition) is 3. The van der Waals surface area contributed by atoms with Crippen LogP contribution in [0.25, 0.3) is 11.2 Å². The van der Waals surface area contributed by atoms with Gasteiger partial charge in [0, 0.05) is 36.4 Å². The van der Waals surface area contributed by atoms with Gasteiger partial charge in [-0.05, 0) is 56.4 Å². The topological polar surface area (TPSA) is 87.8 Å². The first-order valence-electron chi connectivity index (χ1n) is 11.7. The largest absolute Gasteiger partial charge is 0.381 e. The molecule has 32 heavy (non-hydrogen) atoms. The normalized spacial score (nSPS) is 17.7. The number of aromatic amines is 1. The number of nitrogens with one attached hydrogen (secondary N) is 3. The molecule has 3 N–H and O–H groups in total. The lowest BCUT2D eigenvalue weighted by Crippen LogP contribution is -2.28. The average molecular weight is 431 g/mol. The van der Waals surface area contributed by atoms with Gasteiger partial charge in [-0.25, -0.2) is 4.98 Å². The molecule has 1 aromatic carbocycles. The Labute approximate surface area is 188 Å². The van der Waals surface area contributed by atoms with E-state index >= 15 is 0 Å².